The Balaban J connectivity index is 1.70. The second kappa shape index (κ2) is 5.09. The topological polar surface area (TPSA) is 75.6 Å². The summed E-state index contributed by atoms with van der Waals surface area (Å²) in [6.45, 7) is 4.40. The molecule has 1 aromatic carbocycles. The number of carboxylic acids is 1. The molecular weight excluding hydrogens is 282 g/mol. The highest BCUT2D eigenvalue weighted by Gasteiger charge is 2.70. The minimum absolute atomic E-state index is 0.128. The molecule has 3 fully saturated rings. The number of carbonyl (C=O) groups is 2. The molecule has 0 spiro atoms. The second-order valence-corrected chi connectivity index (χ2v) is 6.61. The maximum Gasteiger partial charge on any atom is 0.312 e. The lowest BCUT2D eigenvalue weighted by Gasteiger charge is -2.40. The average molecular weight is 303 g/mol. The third kappa shape index (κ3) is 2.20. The standard InChI is InChI=1S/C17H21NO4/c1-3-11(2)12-5-4-6-13(7-12)18-14(19)17-8-16(9-17,10-22-17)15(20)21/h4-7,11H,3,8-10H2,1-2H3,(H,18,19)(H,20,21). The normalized spacial score (nSPS) is 30.5. The van der Waals surface area contributed by atoms with Crippen molar-refractivity contribution in [3.8, 4) is 0 Å². The van der Waals surface area contributed by atoms with Gasteiger partial charge in [-0.05, 0) is 30.0 Å². The molecule has 118 valence electrons. The molecule has 0 radical (unpaired) electrons. The highest BCUT2D eigenvalue weighted by atomic mass is 16.5. The molecule has 5 heteroatoms. The molecule has 22 heavy (non-hydrogen) atoms. The summed E-state index contributed by atoms with van der Waals surface area (Å²) in [5, 5.41) is 12.1. The van der Waals surface area contributed by atoms with Gasteiger partial charge >= 0.3 is 5.97 Å². The molecule has 1 aliphatic carbocycles. The van der Waals surface area contributed by atoms with Gasteiger partial charge in [-0.2, -0.15) is 0 Å². The number of aliphatic carboxylic acids is 1. The highest BCUT2D eigenvalue weighted by Crippen LogP contribution is 2.58. The number of nitrogens with one attached hydrogen (secondary N) is 1. The van der Waals surface area contributed by atoms with Crippen LogP contribution in [0.4, 0.5) is 5.69 Å². The van der Waals surface area contributed by atoms with Gasteiger partial charge in [0, 0.05) is 18.5 Å². The molecule has 1 aromatic rings. The maximum absolute atomic E-state index is 12.5. The Kier molecular flexibility index (Phi) is 3.48. The number of carbonyl (C=O) groups excluding carboxylic acids is 1. The molecule has 2 N–H and O–H groups in total. The average Bonchev–Trinajstić information content (AvgIpc) is 3.04. The van der Waals surface area contributed by atoms with Crippen LogP contribution in [0.15, 0.2) is 24.3 Å². The SMILES string of the molecule is CCC(C)c1cccc(NC(=O)C23CC(C(=O)O)(CO2)C3)c1. The van der Waals surface area contributed by atoms with Crippen LogP contribution >= 0.6 is 0 Å². The second-order valence-electron chi connectivity index (χ2n) is 6.61. The fraction of sp³-hybridized carbons (Fsp3) is 0.529. The Morgan fingerprint density at radius 2 is 2.14 bits per heavy atom. The highest BCUT2D eigenvalue weighted by molar-refractivity contribution is 6.00. The molecule has 3 aliphatic rings. The first-order chi connectivity index (χ1) is 10.4. The largest absolute Gasteiger partial charge is 0.481 e. The molecule has 2 aliphatic heterocycles. The number of hydrogen-bond acceptors (Lipinski definition) is 3. The number of hydrogen-bond donors (Lipinski definition) is 2. The van der Waals surface area contributed by atoms with Gasteiger partial charge < -0.3 is 15.2 Å². The van der Waals surface area contributed by atoms with Crippen molar-refractivity contribution in [1.82, 2.24) is 0 Å². The third-order valence-corrected chi connectivity index (χ3v) is 5.07. The first kappa shape index (κ1) is 15.0. The van der Waals surface area contributed by atoms with Gasteiger partial charge in [0.15, 0.2) is 0 Å². The molecule has 2 saturated heterocycles. The van der Waals surface area contributed by atoms with E-state index < -0.39 is 17.0 Å². The molecule has 2 heterocycles. The molecule has 2 bridgehead atoms. The Morgan fingerprint density at radius 1 is 1.41 bits per heavy atom. The van der Waals surface area contributed by atoms with Gasteiger partial charge in [0.25, 0.3) is 5.91 Å². The van der Waals surface area contributed by atoms with E-state index in [4.69, 9.17) is 4.74 Å². The van der Waals surface area contributed by atoms with Crippen LogP contribution in [-0.2, 0) is 14.3 Å². The van der Waals surface area contributed by atoms with Crippen LogP contribution in [0, 0.1) is 5.41 Å². The summed E-state index contributed by atoms with van der Waals surface area (Å²) < 4.78 is 5.52. The van der Waals surface area contributed by atoms with E-state index in [1.807, 2.05) is 24.3 Å². The molecule has 1 saturated carbocycles. The molecule has 1 unspecified atom stereocenters. The lowest BCUT2D eigenvalue weighted by atomic mass is 9.62. The Bertz CT molecular complexity index is 619. The number of anilines is 1. The predicted octanol–water partition coefficient (Wildman–Crippen LogP) is 2.77. The van der Waals surface area contributed by atoms with Crippen molar-refractivity contribution in [3.05, 3.63) is 29.8 Å². The van der Waals surface area contributed by atoms with Crippen LogP contribution in [0.5, 0.6) is 0 Å². The lowest BCUT2D eigenvalue weighted by Crippen LogP contribution is -2.55. The summed E-state index contributed by atoms with van der Waals surface area (Å²) in [6.07, 6.45) is 1.57. The van der Waals surface area contributed by atoms with E-state index in [1.165, 1.54) is 5.56 Å². The van der Waals surface area contributed by atoms with Gasteiger partial charge in [0.05, 0.1) is 12.0 Å². The Morgan fingerprint density at radius 3 is 2.73 bits per heavy atom. The van der Waals surface area contributed by atoms with Crippen molar-refractivity contribution in [2.24, 2.45) is 5.41 Å². The monoisotopic (exact) mass is 303 g/mol. The van der Waals surface area contributed by atoms with Crippen LogP contribution in [-0.4, -0.2) is 29.2 Å². The molecule has 1 amide bonds. The van der Waals surface area contributed by atoms with Crippen molar-refractivity contribution in [3.63, 3.8) is 0 Å². The van der Waals surface area contributed by atoms with Gasteiger partial charge in [-0.1, -0.05) is 26.0 Å². The number of amides is 1. The van der Waals surface area contributed by atoms with Gasteiger partial charge in [0.1, 0.15) is 5.60 Å². The quantitative estimate of drug-likeness (QED) is 0.877. The number of benzene rings is 1. The first-order valence-electron chi connectivity index (χ1n) is 7.70. The third-order valence-electron chi connectivity index (χ3n) is 5.07. The van der Waals surface area contributed by atoms with Crippen LogP contribution < -0.4 is 5.32 Å². The van der Waals surface area contributed by atoms with Crippen molar-refractivity contribution < 1.29 is 19.4 Å². The molecular formula is C17H21NO4. The van der Waals surface area contributed by atoms with E-state index in [0.717, 1.165) is 12.1 Å². The molecule has 1 atom stereocenters. The van der Waals surface area contributed by atoms with E-state index in [9.17, 15) is 14.7 Å². The number of carboxylic acid groups (broad SMARTS) is 1. The summed E-state index contributed by atoms with van der Waals surface area (Å²) in [4.78, 5) is 23.7. The lowest BCUT2D eigenvalue weighted by molar-refractivity contribution is -0.156. The van der Waals surface area contributed by atoms with Crippen molar-refractivity contribution in [2.45, 2.75) is 44.6 Å². The van der Waals surface area contributed by atoms with Crippen molar-refractivity contribution >= 4 is 17.6 Å². The van der Waals surface area contributed by atoms with Crippen LogP contribution in [0.2, 0.25) is 0 Å². The van der Waals surface area contributed by atoms with Gasteiger partial charge in [0.2, 0.25) is 0 Å². The Hall–Kier alpha value is -1.88. The van der Waals surface area contributed by atoms with E-state index in [2.05, 4.69) is 19.2 Å². The fourth-order valence-electron chi connectivity index (χ4n) is 3.36. The van der Waals surface area contributed by atoms with E-state index >= 15 is 0 Å². The summed E-state index contributed by atoms with van der Waals surface area (Å²) >= 11 is 0. The predicted molar refractivity (Wildman–Crippen MR) is 81.8 cm³/mol. The first-order valence-corrected chi connectivity index (χ1v) is 7.70. The number of fused-ring (bicyclic) bond motifs is 1. The molecule has 5 nitrogen and oxygen atoms in total. The molecule has 0 aromatic heterocycles. The van der Waals surface area contributed by atoms with Gasteiger partial charge in [-0.3, -0.25) is 9.59 Å². The van der Waals surface area contributed by atoms with E-state index in [-0.39, 0.29) is 25.4 Å². The summed E-state index contributed by atoms with van der Waals surface area (Å²) in [5.41, 5.74) is 0.111. The van der Waals surface area contributed by atoms with Crippen LogP contribution in [0.3, 0.4) is 0 Å². The zero-order chi connectivity index (χ0) is 16.0. The zero-order valence-corrected chi connectivity index (χ0v) is 12.9. The van der Waals surface area contributed by atoms with Crippen molar-refractivity contribution in [1.29, 1.82) is 0 Å². The fourth-order valence-corrected chi connectivity index (χ4v) is 3.36. The molecule has 4 rings (SSSR count). The van der Waals surface area contributed by atoms with Crippen LogP contribution in [0.1, 0.15) is 44.6 Å². The maximum atomic E-state index is 12.5. The zero-order valence-electron chi connectivity index (χ0n) is 12.9. The van der Waals surface area contributed by atoms with E-state index in [1.54, 1.807) is 0 Å². The van der Waals surface area contributed by atoms with Crippen LogP contribution in [0.25, 0.3) is 0 Å². The van der Waals surface area contributed by atoms with E-state index in [0.29, 0.717) is 5.92 Å². The minimum atomic E-state index is -0.954. The van der Waals surface area contributed by atoms with Gasteiger partial charge in [-0.25, -0.2) is 0 Å². The summed E-state index contributed by atoms with van der Waals surface area (Å²) in [7, 11) is 0. The number of rotatable bonds is 5. The number of ether oxygens (including phenoxy) is 1. The van der Waals surface area contributed by atoms with Gasteiger partial charge in [-0.15, -0.1) is 0 Å². The summed E-state index contributed by atoms with van der Waals surface area (Å²) in [5.74, 6) is -0.670. The Labute approximate surface area is 129 Å². The summed E-state index contributed by atoms with van der Waals surface area (Å²) in [6, 6.07) is 7.79. The van der Waals surface area contributed by atoms with Crippen molar-refractivity contribution in [2.75, 3.05) is 11.9 Å². The minimum Gasteiger partial charge on any atom is -0.481 e. The smallest absolute Gasteiger partial charge is 0.312 e.